The molecule has 0 spiro atoms. The van der Waals surface area contributed by atoms with E-state index in [2.05, 4.69) is 94.9 Å². The van der Waals surface area contributed by atoms with Crippen molar-refractivity contribution in [1.29, 1.82) is 0 Å². The molecule has 3 nitrogen and oxygen atoms in total. The van der Waals surface area contributed by atoms with Gasteiger partial charge >= 0.3 is 0 Å². The fourth-order valence-corrected chi connectivity index (χ4v) is 5.38. The van der Waals surface area contributed by atoms with Crippen LogP contribution in [-0.2, 0) is 0 Å². The number of hydrogen-bond acceptors (Lipinski definition) is 3. The van der Waals surface area contributed by atoms with Crippen molar-refractivity contribution in [3.05, 3.63) is 127 Å². The molecule has 7 rings (SSSR count). The first-order chi connectivity index (χ1) is 18.3. The van der Waals surface area contributed by atoms with Crippen LogP contribution in [0.5, 0.6) is 0 Å². The van der Waals surface area contributed by atoms with Gasteiger partial charge in [-0.15, -0.1) is 0 Å². The molecule has 0 saturated carbocycles. The van der Waals surface area contributed by atoms with E-state index in [0.29, 0.717) is 11.6 Å². The van der Waals surface area contributed by atoms with Crippen LogP contribution in [0.15, 0.2) is 121 Å². The third-order valence-electron chi connectivity index (χ3n) is 6.85. The average Bonchev–Trinajstić information content (AvgIpc) is 2.96. The zero-order chi connectivity index (χ0) is 24.8. The molecule has 0 atom stereocenters. The molecule has 0 aliphatic rings. The van der Waals surface area contributed by atoms with Gasteiger partial charge in [-0.3, -0.25) is 0 Å². The predicted octanol–water partition coefficient (Wildman–Crippen LogP) is 8.99. The first kappa shape index (κ1) is 21.7. The topological polar surface area (TPSA) is 38.7 Å². The largest absolute Gasteiger partial charge is 0.226 e. The van der Waals surface area contributed by atoms with Crippen molar-refractivity contribution in [2.45, 2.75) is 0 Å². The maximum Gasteiger partial charge on any atom is 0.226 e. The molecule has 0 amide bonds. The predicted molar refractivity (Wildman–Crippen MR) is 154 cm³/mol. The molecular weight excluding hydrogens is 474 g/mol. The summed E-state index contributed by atoms with van der Waals surface area (Å²) in [4.78, 5) is 13.8. The fourth-order valence-electron chi connectivity index (χ4n) is 5.22. The second-order valence-electron chi connectivity index (χ2n) is 9.02. The molecule has 6 aromatic carbocycles. The van der Waals surface area contributed by atoms with Crippen LogP contribution < -0.4 is 0 Å². The van der Waals surface area contributed by atoms with Gasteiger partial charge in [0.25, 0.3) is 0 Å². The van der Waals surface area contributed by atoms with Crippen molar-refractivity contribution in [3.8, 4) is 33.9 Å². The minimum Gasteiger partial charge on any atom is -0.208 e. The molecule has 0 saturated heterocycles. The Morgan fingerprint density at radius 2 is 0.973 bits per heavy atom. The molecule has 0 aliphatic heterocycles. The Morgan fingerprint density at radius 1 is 0.405 bits per heavy atom. The lowest BCUT2D eigenvalue weighted by Gasteiger charge is -2.15. The standard InChI is InChI=1S/C33H20ClN3/c34-33-36-31(24-10-2-1-3-11-24)35-32(37-33)28-18-8-13-22-12-6-17-27(30(22)28)26-16-7-14-23-20-19-21-9-4-5-15-25(21)29(23)26/h1-20H. The highest BCUT2D eigenvalue weighted by Gasteiger charge is 2.17. The molecule has 0 aliphatic carbocycles. The van der Waals surface area contributed by atoms with E-state index in [0.717, 1.165) is 27.5 Å². The summed E-state index contributed by atoms with van der Waals surface area (Å²) in [7, 11) is 0. The van der Waals surface area contributed by atoms with E-state index < -0.39 is 0 Å². The highest BCUT2D eigenvalue weighted by Crippen LogP contribution is 2.40. The van der Waals surface area contributed by atoms with Crippen LogP contribution in [0, 0.1) is 0 Å². The Hall–Kier alpha value is -4.60. The smallest absolute Gasteiger partial charge is 0.208 e. The molecule has 0 radical (unpaired) electrons. The summed E-state index contributed by atoms with van der Waals surface area (Å²) in [6.07, 6.45) is 0. The number of aromatic nitrogens is 3. The average molecular weight is 494 g/mol. The maximum absolute atomic E-state index is 6.44. The quantitative estimate of drug-likeness (QED) is 0.230. The van der Waals surface area contributed by atoms with Gasteiger partial charge in [0.15, 0.2) is 11.6 Å². The zero-order valence-corrected chi connectivity index (χ0v) is 20.5. The monoisotopic (exact) mass is 493 g/mol. The molecule has 4 heteroatoms. The lowest BCUT2D eigenvalue weighted by atomic mass is 9.89. The first-order valence-electron chi connectivity index (χ1n) is 12.2. The lowest BCUT2D eigenvalue weighted by molar-refractivity contribution is 1.07. The van der Waals surface area contributed by atoms with Crippen LogP contribution in [0.3, 0.4) is 0 Å². The lowest BCUT2D eigenvalue weighted by Crippen LogP contribution is -1.98. The van der Waals surface area contributed by atoms with Gasteiger partial charge in [-0.25, -0.2) is 4.98 Å². The van der Waals surface area contributed by atoms with Gasteiger partial charge < -0.3 is 0 Å². The fraction of sp³-hybridized carbons (Fsp3) is 0. The Balaban J connectivity index is 1.54. The van der Waals surface area contributed by atoms with E-state index in [-0.39, 0.29) is 5.28 Å². The van der Waals surface area contributed by atoms with Gasteiger partial charge in [-0.2, -0.15) is 9.97 Å². The SMILES string of the molecule is Clc1nc(-c2ccccc2)nc(-c2cccc3cccc(-c4cccc5ccc6ccccc6c45)c23)n1. The minimum absolute atomic E-state index is 0.175. The van der Waals surface area contributed by atoms with Gasteiger partial charge in [-0.05, 0) is 49.7 Å². The summed E-state index contributed by atoms with van der Waals surface area (Å²) in [6, 6.07) is 42.0. The summed E-state index contributed by atoms with van der Waals surface area (Å²) in [5, 5.41) is 7.28. The third kappa shape index (κ3) is 3.72. The number of benzene rings is 6. The number of nitrogens with zero attached hydrogens (tertiary/aromatic N) is 3. The molecule has 0 fully saturated rings. The van der Waals surface area contributed by atoms with Crippen LogP contribution in [0.4, 0.5) is 0 Å². The van der Waals surface area contributed by atoms with E-state index >= 15 is 0 Å². The van der Waals surface area contributed by atoms with E-state index in [1.54, 1.807) is 0 Å². The third-order valence-corrected chi connectivity index (χ3v) is 7.01. The molecule has 174 valence electrons. The molecule has 0 bridgehead atoms. The second kappa shape index (κ2) is 8.81. The Morgan fingerprint density at radius 3 is 1.76 bits per heavy atom. The van der Waals surface area contributed by atoms with Crippen molar-refractivity contribution in [1.82, 2.24) is 15.0 Å². The second-order valence-corrected chi connectivity index (χ2v) is 9.36. The molecule has 37 heavy (non-hydrogen) atoms. The molecule has 0 unspecified atom stereocenters. The van der Waals surface area contributed by atoms with Gasteiger partial charge in [0.2, 0.25) is 5.28 Å². The Labute approximate surface area is 219 Å². The van der Waals surface area contributed by atoms with Gasteiger partial charge in [-0.1, -0.05) is 121 Å². The highest BCUT2D eigenvalue weighted by atomic mass is 35.5. The van der Waals surface area contributed by atoms with Crippen molar-refractivity contribution in [3.63, 3.8) is 0 Å². The highest BCUT2D eigenvalue weighted by molar-refractivity contribution is 6.28. The molecule has 0 N–H and O–H groups in total. The summed E-state index contributed by atoms with van der Waals surface area (Å²) < 4.78 is 0. The van der Waals surface area contributed by atoms with Crippen LogP contribution in [0.2, 0.25) is 5.28 Å². The number of halogens is 1. The first-order valence-corrected chi connectivity index (χ1v) is 12.5. The summed E-state index contributed by atoms with van der Waals surface area (Å²) in [5.74, 6) is 1.11. The van der Waals surface area contributed by atoms with E-state index in [1.807, 2.05) is 36.4 Å². The van der Waals surface area contributed by atoms with Crippen molar-refractivity contribution < 1.29 is 0 Å². The maximum atomic E-state index is 6.44. The van der Waals surface area contributed by atoms with Gasteiger partial charge in [0.05, 0.1) is 0 Å². The molecular formula is C33H20ClN3. The van der Waals surface area contributed by atoms with Crippen LogP contribution in [-0.4, -0.2) is 15.0 Å². The van der Waals surface area contributed by atoms with Crippen LogP contribution >= 0.6 is 11.6 Å². The van der Waals surface area contributed by atoms with E-state index in [9.17, 15) is 0 Å². The molecule has 7 aromatic rings. The summed E-state index contributed by atoms with van der Waals surface area (Å²) in [5.41, 5.74) is 4.13. The molecule has 1 aromatic heterocycles. The van der Waals surface area contributed by atoms with E-state index in [4.69, 9.17) is 16.6 Å². The zero-order valence-electron chi connectivity index (χ0n) is 19.8. The van der Waals surface area contributed by atoms with Gasteiger partial charge in [0, 0.05) is 16.5 Å². The number of hydrogen-bond donors (Lipinski definition) is 0. The van der Waals surface area contributed by atoms with Crippen molar-refractivity contribution >= 4 is 43.9 Å². The number of rotatable bonds is 3. The van der Waals surface area contributed by atoms with Gasteiger partial charge in [0.1, 0.15) is 0 Å². The summed E-state index contributed by atoms with van der Waals surface area (Å²) >= 11 is 6.44. The summed E-state index contributed by atoms with van der Waals surface area (Å²) in [6.45, 7) is 0. The van der Waals surface area contributed by atoms with Crippen molar-refractivity contribution in [2.75, 3.05) is 0 Å². The van der Waals surface area contributed by atoms with Crippen LogP contribution in [0.1, 0.15) is 0 Å². The normalized spacial score (nSPS) is 11.4. The number of fused-ring (bicyclic) bond motifs is 4. The van der Waals surface area contributed by atoms with Crippen LogP contribution in [0.25, 0.3) is 66.2 Å². The Kier molecular flexibility index (Phi) is 5.16. The molecule has 1 heterocycles. The van der Waals surface area contributed by atoms with E-state index in [1.165, 1.54) is 27.1 Å². The Bertz CT molecular complexity index is 1940. The minimum atomic E-state index is 0.175. The van der Waals surface area contributed by atoms with Crippen molar-refractivity contribution in [2.24, 2.45) is 0 Å².